The number of hydrogen-bond donors (Lipinski definition) is 1. The van der Waals surface area contributed by atoms with Gasteiger partial charge in [0, 0.05) is 5.02 Å². The Morgan fingerprint density at radius 2 is 2.19 bits per heavy atom. The topological polar surface area (TPSA) is 42.0 Å². The molecule has 0 bridgehead atoms. The molecule has 2 rings (SSSR count). The second kappa shape index (κ2) is 4.82. The van der Waals surface area contributed by atoms with E-state index >= 15 is 0 Å². The Morgan fingerprint density at radius 1 is 1.38 bits per heavy atom. The Bertz CT molecular complexity index is 514. The smallest absolute Gasteiger partial charge is 0.267 e. The molecule has 0 aliphatic heterocycles. The van der Waals surface area contributed by atoms with Crippen LogP contribution in [-0.4, -0.2) is 10.9 Å². The maximum Gasteiger partial charge on any atom is 0.267 e. The quantitative estimate of drug-likeness (QED) is 0.906. The minimum atomic E-state index is -0.244. The first-order valence-corrected chi connectivity index (χ1v) is 5.95. The number of carbonyl (C=O) groups excluding carboxylic acids is 1. The lowest BCUT2D eigenvalue weighted by atomic mass is 10.3. The van der Waals surface area contributed by atoms with E-state index in [2.05, 4.69) is 10.3 Å². The van der Waals surface area contributed by atoms with Crippen molar-refractivity contribution in [3.8, 4) is 0 Å². The lowest BCUT2D eigenvalue weighted by molar-refractivity contribution is 0.103. The minimum Gasteiger partial charge on any atom is -0.320 e. The molecule has 82 valence electrons. The summed E-state index contributed by atoms with van der Waals surface area (Å²) in [7, 11) is 0. The summed E-state index contributed by atoms with van der Waals surface area (Å²) in [6.45, 7) is 0. The Balaban J connectivity index is 2.21. The zero-order valence-corrected chi connectivity index (χ0v) is 10.2. The molecule has 1 heterocycles. The maximum atomic E-state index is 11.7. The largest absolute Gasteiger partial charge is 0.320 e. The van der Waals surface area contributed by atoms with E-state index in [0.717, 1.165) is 0 Å². The van der Waals surface area contributed by atoms with Crippen LogP contribution < -0.4 is 5.32 Å². The molecule has 0 saturated heterocycles. The van der Waals surface area contributed by atoms with Gasteiger partial charge in [0.2, 0.25) is 0 Å². The number of halogens is 2. The van der Waals surface area contributed by atoms with Crippen LogP contribution in [-0.2, 0) is 0 Å². The Labute approximate surface area is 106 Å². The average Bonchev–Trinajstić information content (AvgIpc) is 2.76. The second-order valence-electron chi connectivity index (χ2n) is 2.94. The molecule has 6 heteroatoms. The summed E-state index contributed by atoms with van der Waals surface area (Å²) >= 11 is 13.0. The highest BCUT2D eigenvalue weighted by molar-refractivity contribution is 7.11. The molecule has 1 N–H and O–H groups in total. The number of benzene rings is 1. The summed E-state index contributed by atoms with van der Waals surface area (Å²) in [5.74, 6) is -0.244. The Morgan fingerprint density at radius 3 is 2.88 bits per heavy atom. The molecule has 0 aliphatic rings. The van der Waals surface area contributed by atoms with Crippen LogP contribution in [0.15, 0.2) is 29.9 Å². The number of hydrogen-bond acceptors (Lipinski definition) is 3. The van der Waals surface area contributed by atoms with E-state index in [4.69, 9.17) is 23.2 Å². The van der Waals surface area contributed by atoms with Crippen LogP contribution in [0.2, 0.25) is 10.0 Å². The van der Waals surface area contributed by atoms with Crippen molar-refractivity contribution in [2.24, 2.45) is 0 Å². The molecule has 1 aromatic heterocycles. The minimum absolute atomic E-state index is 0.244. The fraction of sp³-hybridized carbons (Fsp3) is 0. The van der Waals surface area contributed by atoms with Crippen molar-refractivity contribution in [1.29, 1.82) is 0 Å². The number of nitrogens with zero attached hydrogens (tertiary/aromatic N) is 1. The summed E-state index contributed by atoms with van der Waals surface area (Å²) < 4.78 is 0. The van der Waals surface area contributed by atoms with Gasteiger partial charge in [-0.1, -0.05) is 23.2 Å². The van der Waals surface area contributed by atoms with Gasteiger partial charge in [-0.3, -0.25) is 9.78 Å². The van der Waals surface area contributed by atoms with Gasteiger partial charge in [-0.25, -0.2) is 0 Å². The van der Waals surface area contributed by atoms with E-state index in [0.29, 0.717) is 20.6 Å². The molecule has 0 atom stereocenters. The second-order valence-corrected chi connectivity index (χ2v) is 4.67. The summed E-state index contributed by atoms with van der Waals surface area (Å²) in [6.07, 6.45) is 1.50. The van der Waals surface area contributed by atoms with Crippen LogP contribution in [0.25, 0.3) is 0 Å². The Kier molecular flexibility index (Phi) is 3.43. The van der Waals surface area contributed by atoms with Crippen molar-refractivity contribution in [3.63, 3.8) is 0 Å². The van der Waals surface area contributed by atoms with Gasteiger partial charge >= 0.3 is 0 Å². The van der Waals surface area contributed by atoms with E-state index < -0.39 is 0 Å². The SMILES string of the molecule is O=C(Nc1cc(Cl)ccc1Cl)c1cncs1. The van der Waals surface area contributed by atoms with Crippen molar-refractivity contribution in [3.05, 3.63) is 44.8 Å². The van der Waals surface area contributed by atoms with Crippen LogP contribution in [0, 0.1) is 0 Å². The third-order valence-corrected chi connectivity index (χ3v) is 3.17. The van der Waals surface area contributed by atoms with Crippen LogP contribution in [0.3, 0.4) is 0 Å². The standard InChI is InChI=1S/C10H6Cl2N2OS/c11-6-1-2-7(12)8(3-6)14-10(15)9-4-13-5-16-9/h1-5H,(H,14,15). The predicted octanol–water partition coefficient (Wildman–Crippen LogP) is 3.70. The maximum absolute atomic E-state index is 11.7. The van der Waals surface area contributed by atoms with Crippen molar-refractivity contribution in [1.82, 2.24) is 4.98 Å². The highest BCUT2D eigenvalue weighted by Gasteiger charge is 2.09. The molecule has 0 aliphatic carbocycles. The van der Waals surface area contributed by atoms with Crippen molar-refractivity contribution in [2.75, 3.05) is 5.32 Å². The summed E-state index contributed by atoms with van der Waals surface area (Å²) in [5.41, 5.74) is 2.08. The number of thiazole rings is 1. The first kappa shape index (κ1) is 11.4. The molecule has 0 unspecified atom stereocenters. The first-order chi connectivity index (χ1) is 7.66. The third kappa shape index (κ3) is 2.52. The van der Waals surface area contributed by atoms with Gasteiger partial charge in [0.25, 0.3) is 5.91 Å². The fourth-order valence-corrected chi connectivity index (χ4v) is 1.96. The molecule has 2 aromatic rings. The molecule has 16 heavy (non-hydrogen) atoms. The van der Waals surface area contributed by atoms with E-state index in [1.165, 1.54) is 17.5 Å². The lowest BCUT2D eigenvalue weighted by Crippen LogP contribution is -2.10. The normalized spacial score (nSPS) is 10.1. The molecule has 1 aromatic carbocycles. The zero-order valence-electron chi connectivity index (χ0n) is 7.91. The van der Waals surface area contributed by atoms with Crippen molar-refractivity contribution in [2.45, 2.75) is 0 Å². The van der Waals surface area contributed by atoms with Gasteiger partial charge in [0.15, 0.2) is 0 Å². The van der Waals surface area contributed by atoms with Crippen molar-refractivity contribution >= 4 is 46.1 Å². The number of nitrogens with one attached hydrogen (secondary N) is 1. The average molecular weight is 273 g/mol. The summed E-state index contributed by atoms with van der Waals surface area (Å²) in [6, 6.07) is 4.89. The van der Waals surface area contributed by atoms with Crippen LogP contribution in [0.5, 0.6) is 0 Å². The fourth-order valence-electron chi connectivity index (χ4n) is 1.11. The molecule has 0 radical (unpaired) electrons. The van der Waals surface area contributed by atoms with Crippen LogP contribution in [0.4, 0.5) is 5.69 Å². The molecular weight excluding hydrogens is 267 g/mol. The summed E-state index contributed by atoms with van der Waals surface area (Å²) in [4.78, 5) is 16.0. The highest BCUT2D eigenvalue weighted by Crippen LogP contribution is 2.26. The van der Waals surface area contributed by atoms with Gasteiger partial charge in [-0.15, -0.1) is 11.3 Å². The van der Waals surface area contributed by atoms with E-state index in [9.17, 15) is 4.79 Å². The summed E-state index contributed by atoms with van der Waals surface area (Å²) in [5, 5.41) is 3.63. The molecule has 3 nitrogen and oxygen atoms in total. The van der Waals surface area contributed by atoms with E-state index in [-0.39, 0.29) is 5.91 Å². The van der Waals surface area contributed by atoms with Crippen molar-refractivity contribution < 1.29 is 4.79 Å². The molecule has 0 fully saturated rings. The lowest BCUT2D eigenvalue weighted by Gasteiger charge is -2.05. The third-order valence-electron chi connectivity index (χ3n) is 1.83. The van der Waals surface area contributed by atoms with Gasteiger partial charge in [0.1, 0.15) is 4.88 Å². The number of carbonyl (C=O) groups is 1. The van der Waals surface area contributed by atoms with Gasteiger partial charge in [0.05, 0.1) is 22.4 Å². The highest BCUT2D eigenvalue weighted by atomic mass is 35.5. The van der Waals surface area contributed by atoms with E-state index in [1.54, 1.807) is 23.7 Å². The number of anilines is 1. The molecule has 0 spiro atoms. The predicted molar refractivity (Wildman–Crippen MR) is 66.5 cm³/mol. The molecular formula is C10H6Cl2N2OS. The van der Waals surface area contributed by atoms with Gasteiger partial charge in [-0.2, -0.15) is 0 Å². The Hall–Kier alpha value is -1.10. The number of amides is 1. The van der Waals surface area contributed by atoms with Crippen LogP contribution >= 0.6 is 34.5 Å². The number of aromatic nitrogens is 1. The van der Waals surface area contributed by atoms with Gasteiger partial charge in [-0.05, 0) is 18.2 Å². The first-order valence-electron chi connectivity index (χ1n) is 4.32. The monoisotopic (exact) mass is 272 g/mol. The van der Waals surface area contributed by atoms with E-state index in [1.807, 2.05) is 0 Å². The molecule has 0 saturated carbocycles. The number of rotatable bonds is 2. The van der Waals surface area contributed by atoms with Crippen LogP contribution in [0.1, 0.15) is 9.67 Å². The zero-order chi connectivity index (χ0) is 11.5. The van der Waals surface area contributed by atoms with Gasteiger partial charge < -0.3 is 5.32 Å². The molecule has 1 amide bonds.